The maximum absolute atomic E-state index is 13.2. The van der Waals surface area contributed by atoms with Crippen LogP contribution in [0.3, 0.4) is 0 Å². The van der Waals surface area contributed by atoms with E-state index in [0.717, 1.165) is 0 Å². The van der Waals surface area contributed by atoms with Crippen LogP contribution in [0.2, 0.25) is 0 Å². The molecular weight excluding hydrogens is 380 g/mol. The van der Waals surface area contributed by atoms with Gasteiger partial charge in [-0.05, 0) is 54.2 Å². The first-order valence-corrected chi connectivity index (χ1v) is 10.6. The summed E-state index contributed by atoms with van der Waals surface area (Å²) in [6.45, 7) is 13.8. The van der Waals surface area contributed by atoms with Gasteiger partial charge in [-0.3, -0.25) is 4.79 Å². The third-order valence-electron chi connectivity index (χ3n) is 4.14. The van der Waals surface area contributed by atoms with E-state index >= 15 is 0 Å². The second kappa shape index (κ2) is 10.9. The predicted octanol–water partition coefficient (Wildman–Crippen LogP) is 5.73. The number of ketones is 1. The van der Waals surface area contributed by atoms with E-state index < -0.39 is 0 Å². The maximum Gasteiger partial charge on any atom is 0.197 e. The first kappa shape index (κ1) is 23.6. The molecule has 0 spiro atoms. The Morgan fingerprint density at radius 2 is 1.30 bits per heavy atom. The third-order valence-corrected chi connectivity index (χ3v) is 4.14. The Morgan fingerprint density at radius 1 is 0.767 bits per heavy atom. The highest BCUT2D eigenvalue weighted by Gasteiger charge is 2.19. The highest BCUT2D eigenvalue weighted by Crippen LogP contribution is 2.31. The molecule has 30 heavy (non-hydrogen) atoms. The van der Waals surface area contributed by atoms with E-state index in [9.17, 15) is 9.90 Å². The van der Waals surface area contributed by atoms with Crippen LogP contribution < -0.4 is 14.2 Å². The largest absolute Gasteiger partial charge is 0.504 e. The SMILES string of the molecule is CC(C)COc1ccc(OCC(C)C)c(C(=O)c2ccc(OCC(C)C)c(O)c2)c1. The number of ether oxygens (including phenoxy) is 3. The second-order valence-corrected chi connectivity index (χ2v) is 8.78. The molecule has 0 heterocycles. The summed E-state index contributed by atoms with van der Waals surface area (Å²) in [5.74, 6) is 2.22. The Bertz CT molecular complexity index is 839. The summed E-state index contributed by atoms with van der Waals surface area (Å²) in [4.78, 5) is 13.2. The predicted molar refractivity (Wildman–Crippen MR) is 119 cm³/mol. The highest BCUT2D eigenvalue weighted by molar-refractivity contribution is 6.11. The molecule has 5 heteroatoms. The quantitative estimate of drug-likeness (QED) is 0.476. The number of hydrogen-bond acceptors (Lipinski definition) is 5. The summed E-state index contributed by atoms with van der Waals surface area (Å²) in [5, 5.41) is 10.3. The van der Waals surface area contributed by atoms with Crippen molar-refractivity contribution in [2.75, 3.05) is 19.8 Å². The van der Waals surface area contributed by atoms with Crippen LogP contribution in [0.4, 0.5) is 0 Å². The second-order valence-electron chi connectivity index (χ2n) is 8.78. The topological polar surface area (TPSA) is 65.0 Å². The molecule has 0 aliphatic rings. The third kappa shape index (κ3) is 6.97. The number of carbonyl (C=O) groups excluding carboxylic acids is 1. The monoisotopic (exact) mass is 414 g/mol. The number of carbonyl (C=O) groups is 1. The molecule has 164 valence electrons. The van der Waals surface area contributed by atoms with Gasteiger partial charge in [-0.25, -0.2) is 0 Å². The van der Waals surface area contributed by atoms with Gasteiger partial charge in [0.25, 0.3) is 0 Å². The van der Waals surface area contributed by atoms with Crippen molar-refractivity contribution in [1.82, 2.24) is 0 Å². The van der Waals surface area contributed by atoms with Crippen molar-refractivity contribution in [2.24, 2.45) is 17.8 Å². The van der Waals surface area contributed by atoms with E-state index in [1.54, 1.807) is 24.3 Å². The smallest absolute Gasteiger partial charge is 0.197 e. The van der Waals surface area contributed by atoms with Crippen LogP contribution in [-0.4, -0.2) is 30.7 Å². The van der Waals surface area contributed by atoms with Gasteiger partial charge in [0, 0.05) is 5.56 Å². The van der Waals surface area contributed by atoms with Gasteiger partial charge in [0.15, 0.2) is 17.3 Å². The standard InChI is InChI=1S/C25H34O5/c1-16(2)13-28-20-8-10-23(29-14-17(3)4)21(12-20)25(27)19-7-9-24(22(26)11-19)30-15-18(5)6/h7-12,16-18,26H,13-15H2,1-6H3. The van der Waals surface area contributed by atoms with Crippen LogP contribution >= 0.6 is 0 Å². The van der Waals surface area contributed by atoms with E-state index in [0.29, 0.717) is 65.9 Å². The zero-order chi connectivity index (χ0) is 22.3. The minimum absolute atomic E-state index is 0.0571. The van der Waals surface area contributed by atoms with E-state index in [1.165, 1.54) is 6.07 Å². The fraction of sp³-hybridized carbons (Fsp3) is 0.480. The Morgan fingerprint density at radius 3 is 1.87 bits per heavy atom. The minimum atomic E-state index is -0.241. The average Bonchev–Trinajstić information content (AvgIpc) is 2.69. The molecule has 1 N–H and O–H groups in total. The molecule has 0 saturated carbocycles. The summed E-state index contributed by atoms with van der Waals surface area (Å²) in [6, 6.07) is 10.0. The fourth-order valence-corrected chi connectivity index (χ4v) is 2.61. The summed E-state index contributed by atoms with van der Waals surface area (Å²) in [5.41, 5.74) is 0.770. The number of phenols is 1. The van der Waals surface area contributed by atoms with Gasteiger partial charge in [-0.1, -0.05) is 41.5 Å². The molecule has 0 aliphatic heterocycles. The van der Waals surface area contributed by atoms with Crippen LogP contribution in [0.5, 0.6) is 23.0 Å². The highest BCUT2D eigenvalue weighted by atomic mass is 16.5. The molecule has 2 rings (SSSR count). The molecule has 2 aromatic rings. The zero-order valence-electron chi connectivity index (χ0n) is 18.9. The Balaban J connectivity index is 2.32. The first-order chi connectivity index (χ1) is 14.2. The fourth-order valence-electron chi connectivity index (χ4n) is 2.61. The molecule has 0 amide bonds. The van der Waals surface area contributed by atoms with Gasteiger partial charge in [-0.2, -0.15) is 0 Å². The van der Waals surface area contributed by atoms with Crippen molar-refractivity contribution >= 4 is 5.78 Å². The lowest BCUT2D eigenvalue weighted by molar-refractivity contribution is 0.103. The van der Waals surface area contributed by atoms with E-state index in [4.69, 9.17) is 14.2 Å². The lowest BCUT2D eigenvalue weighted by Gasteiger charge is -2.16. The van der Waals surface area contributed by atoms with Crippen LogP contribution in [0.1, 0.15) is 57.5 Å². The van der Waals surface area contributed by atoms with E-state index in [2.05, 4.69) is 27.7 Å². The van der Waals surface area contributed by atoms with Crippen LogP contribution in [0, 0.1) is 17.8 Å². The lowest BCUT2D eigenvalue weighted by Crippen LogP contribution is -2.11. The van der Waals surface area contributed by atoms with Crippen molar-refractivity contribution in [1.29, 1.82) is 0 Å². The average molecular weight is 415 g/mol. The van der Waals surface area contributed by atoms with Gasteiger partial charge in [0.2, 0.25) is 0 Å². The van der Waals surface area contributed by atoms with Gasteiger partial charge >= 0.3 is 0 Å². The van der Waals surface area contributed by atoms with Gasteiger partial charge in [0.05, 0.1) is 25.4 Å². The van der Waals surface area contributed by atoms with Gasteiger partial charge < -0.3 is 19.3 Å². The van der Waals surface area contributed by atoms with Crippen molar-refractivity contribution in [3.63, 3.8) is 0 Å². The first-order valence-electron chi connectivity index (χ1n) is 10.6. The van der Waals surface area contributed by atoms with Crippen molar-refractivity contribution in [2.45, 2.75) is 41.5 Å². The van der Waals surface area contributed by atoms with Gasteiger partial charge in [0.1, 0.15) is 11.5 Å². The Hall–Kier alpha value is -2.69. The van der Waals surface area contributed by atoms with Crippen molar-refractivity contribution in [3.05, 3.63) is 47.5 Å². The molecule has 0 fully saturated rings. The van der Waals surface area contributed by atoms with Crippen molar-refractivity contribution in [3.8, 4) is 23.0 Å². The van der Waals surface area contributed by atoms with Gasteiger partial charge in [-0.15, -0.1) is 0 Å². The molecule has 0 saturated heterocycles. The lowest BCUT2D eigenvalue weighted by atomic mass is 10.0. The summed E-state index contributed by atoms with van der Waals surface area (Å²) >= 11 is 0. The normalized spacial score (nSPS) is 11.2. The maximum atomic E-state index is 13.2. The molecule has 0 aromatic heterocycles. The number of aromatic hydroxyl groups is 1. The number of benzene rings is 2. The van der Waals surface area contributed by atoms with Crippen LogP contribution in [0.25, 0.3) is 0 Å². The summed E-state index contributed by atoms with van der Waals surface area (Å²) < 4.78 is 17.3. The molecule has 0 radical (unpaired) electrons. The molecule has 2 aromatic carbocycles. The van der Waals surface area contributed by atoms with Crippen LogP contribution in [-0.2, 0) is 0 Å². The zero-order valence-corrected chi connectivity index (χ0v) is 18.9. The Kier molecular flexibility index (Phi) is 8.58. The van der Waals surface area contributed by atoms with E-state index in [1.807, 2.05) is 19.9 Å². The molecule has 0 bridgehead atoms. The molecular formula is C25H34O5. The number of rotatable bonds is 11. The van der Waals surface area contributed by atoms with Crippen molar-refractivity contribution < 1.29 is 24.1 Å². The number of phenolic OH excluding ortho intramolecular Hbond substituents is 1. The molecule has 5 nitrogen and oxygen atoms in total. The van der Waals surface area contributed by atoms with E-state index in [-0.39, 0.29) is 11.5 Å². The number of hydrogen-bond donors (Lipinski definition) is 1. The summed E-state index contributed by atoms with van der Waals surface area (Å²) in [6.07, 6.45) is 0. The molecule has 0 aliphatic carbocycles. The minimum Gasteiger partial charge on any atom is -0.504 e. The Labute approximate surface area is 180 Å². The molecule has 0 atom stereocenters. The molecule has 0 unspecified atom stereocenters. The van der Waals surface area contributed by atoms with Crippen LogP contribution in [0.15, 0.2) is 36.4 Å². The summed E-state index contributed by atoms with van der Waals surface area (Å²) in [7, 11) is 0.